The number of carbonyl (C=O) groups is 3. The highest BCUT2D eigenvalue weighted by Crippen LogP contribution is 2.39. The van der Waals surface area contributed by atoms with E-state index in [1.54, 1.807) is 12.1 Å². The van der Waals surface area contributed by atoms with E-state index < -0.39 is 35.5 Å². The van der Waals surface area contributed by atoms with E-state index in [2.05, 4.69) is 10.6 Å². The molecule has 40 heavy (non-hydrogen) atoms. The van der Waals surface area contributed by atoms with Crippen LogP contribution < -0.4 is 15.5 Å². The summed E-state index contributed by atoms with van der Waals surface area (Å²) in [4.78, 5) is 41.9. The average molecular weight is 603 g/mol. The molecule has 2 aromatic rings. The van der Waals surface area contributed by atoms with Crippen LogP contribution in [0, 0.1) is 11.8 Å². The summed E-state index contributed by atoms with van der Waals surface area (Å²) in [6.07, 6.45) is -4.77. The van der Waals surface area contributed by atoms with Crippen LogP contribution in [-0.4, -0.2) is 68.1 Å². The van der Waals surface area contributed by atoms with Gasteiger partial charge in [-0.2, -0.15) is 13.2 Å². The van der Waals surface area contributed by atoms with Crippen LogP contribution in [0.1, 0.15) is 42.9 Å². The van der Waals surface area contributed by atoms with Gasteiger partial charge in [-0.15, -0.1) is 11.3 Å². The number of alkyl halides is 3. The molecule has 0 spiro atoms. The van der Waals surface area contributed by atoms with E-state index in [-0.39, 0.29) is 49.5 Å². The Hall–Kier alpha value is -2.67. The third-order valence-electron chi connectivity index (χ3n) is 6.04. The van der Waals surface area contributed by atoms with Crippen molar-refractivity contribution in [2.45, 2.75) is 39.9 Å². The van der Waals surface area contributed by atoms with E-state index in [0.717, 1.165) is 22.3 Å². The van der Waals surface area contributed by atoms with Crippen molar-refractivity contribution < 1.29 is 32.3 Å². The highest BCUT2D eigenvalue weighted by Gasteiger charge is 2.37. The summed E-state index contributed by atoms with van der Waals surface area (Å²) >= 11 is 7.05. The molecular weight excluding hydrogens is 569 g/mol. The number of amides is 3. The highest BCUT2D eigenvalue weighted by molar-refractivity contribution is 7.18. The molecule has 1 saturated heterocycles. The zero-order chi connectivity index (χ0) is 29.6. The minimum absolute atomic E-state index is 0.00971. The fraction of sp³-hybridized carbons (Fsp3) is 0.519. The standard InChI is InChI=1S/C27H34ClF3N4O4S/c1-16(2)13-34(14-17(3)4)21(12-32-26(38)22-7-8-23(28)40-22)25(37)33-18-5-6-20(19(11-18)27(29,30)31)35-9-10-39-15-24(35)36/h5-8,11,16-17,21H,9-10,12-15H2,1-4H3,(H,32,38)(H,33,37)/t21-/m1/s1. The molecule has 1 fully saturated rings. The normalized spacial score (nSPS) is 15.2. The van der Waals surface area contributed by atoms with Crippen LogP contribution in [0.25, 0.3) is 0 Å². The summed E-state index contributed by atoms with van der Waals surface area (Å²) in [5, 5.41) is 5.38. The fourth-order valence-electron chi connectivity index (χ4n) is 4.44. The van der Waals surface area contributed by atoms with E-state index in [0.29, 0.717) is 22.3 Å². The zero-order valence-electron chi connectivity index (χ0n) is 22.8. The van der Waals surface area contributed by atoms with Crippen molar-refractivity contribution in [3.63, 3.8) is 0 Å². The first-order valence-corrected chi connectivity index (χ1v) is 14.1. The molecule has 0 unspecified atom stereocenters. The monoisotopic (exact) mass is 602 g/mol. The lowest BCUT2D eigenvalue weighted by atomic mass is 10.1. The SMILES string of the molecule is CC(C)CN(CC(C)C)[C@H](CNC(=O)c1ccc(Cl)s1)C(=O)Nc1ccc(N2CCOCC2=O)c(C(F)(F)F)c1. The number of nitrogens with one attached hydrogen (secondary N) is 2. The van der Waals surface area contributed by atoms with Gasteiger partial charge in [0.25, 0.3) is 11.8 Å². The van der Waals surface area contributed by atoms with E-state index in [1.807, 2.05) is 32.6 Å². The molecule has 13 heteroatoms. The topological polar surface area (TPSA) is 91.0 Å². The smallest absolute Gasteiger partial charge is 0.370 e. The quantitative estimate of drug-likeness (QED) is 0.372. The third-order valence-corrected chi connectivity index (χ3v) is 7.27. The molecule has 0 aliphatic carbocycles. The van der Waals surface area contributed by atoms with Crippen molar-refractivity contribution in [3.05, 3.63) is 45.1 Å². The second kappa shape index (κ2) is 13.8. The Kier molecular flexibility index (Phi) is 11.0. The summed E-state index contributed by atoms with van der Waals surface area (Å²) in [6, 6.07) is 5.66. The number of hydrogen-bond donors (Lipinski definition) is 2. The Morgan fingerprint density at radius 3 is 2.35 bits per heavy atom. The second-order valence-corrected chi connectivity index (χ2v) is 12.1. The number of carbonyl (C=O) groups excluding carboxylic acids is 3. The van der Waals surface area contributed by atoms with Gasteiger partial charge in [-0.3, -0.25) is 19.3 Å². The number of thiophene rings is 1. The zero-order valence-corrected chi connectivity index (χ0v) is 24.4. The predicted molar refractivity (Wildman–Crippen MR) is 150 cm³/mol. The largest absolute Gasteiger partial charge is 0.418 e. The lowest BCUT2D eigenvalue weighted by Gasteiger charge is -2.33. The summed E-state index contributed by atoms with van der Waals surface area (Å²) < 4.78 is 47.6. The van der Waals surface area contributed by atoms with Crippen molar-refractivity contribution in [2.24, 2.45) is 11.8 Å². The maximum atomic E-state index is 14.0. The molecule has 1 atom stereocenters. The molecule has 1 aliphatic heterocycles. The number of nitrogens with zero attached hydrogens (tertiary/aromatic N) is 2. The Balaban J connectivity index is 1.89. The maximum absolute atomic E-state index is 14.0. The first-order chi connectivity index (χ1) is 18.8. The van der Waals surface area contributed by atoms with Crippen molar-refractivity contribution in [3.8, 4) is 0 Å². The molecular formula is C27H34ClF3N4O4S. The van der Waals surface area contributed by atoms with Gasteiger partial charge in [-0.05, 0) is 42.2 Å². The van der Waals surface area contributed by atoms with Gasteiger partial charge < -0.3 is 20.3 Å². The van der Waals surface area contributed by atoms with Gasteiger partial charge in [0.15, 0.2) is 0 Å². The Bertz CT molecular complexity index is 1190. The number of hydrogen-bond acceptors (Lipinski definition) is 6. The molecule has 2 heterocycles. The van der Waals surface area contributed by atoms with Crippen LogP contribution in [-0.2, 0) is 20.5 Å². The van der Waals surface area contributed by atoms with E-state index >= 15 is 0 Å². The van der Waals surface area contributed by atoms with Crippen LogP contribution in [0.3, 0.4) is 0 Å². The van der Waals surface area contributed by atoms with Crippen LogP contribution in [0.5, 0.6) is 0 Å². The van der Waals surface area contributed by atoms with Gasteiger partial charge >= 0.3 is 6.18 Å². The van der Waals surface area contributed by atoms with Gasteiger partial charge in [-0.1, -0.05) is 39.3 Å². The lowest BCUT2D eigenvalue weighted by Crippen LogP contribution is -2.52. The Morgan fingerprint density at radius 2 is 1.80 bits per heavy atom. The van der Waals surface area contributed by atoms with Gasteiger partial charge in [0.2, 0.25) is 5.91 Å². The molecule has 3 amide bonds. The molecule has 0 radical (unpaired) electrons. The molecule has 1 aliphatic rings. The summed E-state index contributed by atoms with van der Waals surface area (Å²) in [5.74, 6) is -1.17. The van der Waals surface area contributed by atoms with E-state index in [9.17, 15) is 27.6 Å². The van der Waals surface area contributed by atoms with Gasteiger partial charge in [-0.25, -0.2) is 0 Å². The van der Waals surface area contributed by atoms with Crippen LogP contribution in [0.4, 0.5) is 24.5 Å². The lowest BCUT2D eigenvalue weighted by molar-refractivity contribution is -0.137. The van der Waals surface area contributed by atoms with Crippen LogP contribution >= 0.6 is 22.9 Å². The first kappa shape index (κ1) is 31.9. The maximum Gasteiger partial charge on any atom is 0.418 e. The average Bonchev–Trinajstić information content (AvgIpc) is 3.29. The summed E-state index contributed by atoms with van der Waals surface area (Å²) in [7, 11) is 0. The van der Waals surface area contributed by atoms with Crippen molar-refractivity contribution in [1.82, 2.24) is 10.2 Å². The highest BCUT2D eigenvalue weighted by atomic mass is 35.5. The fourth-order valence-corrected chi connectivity index (χ4v) is 5.40. The Labute approximate surface area is 240 Å². The van der Waals surface area contributed by atoms with Crippen molar-refractivity contribution in [1.29, 1.82) is 0 Å². The summed E-state index contributed by atoms with van der Waals surface area (Å²) in [5.41, 5.74) is -1.41. The third kappa shape index (κ3) is 8.66. The molecule has 8 nitrogen and oxygen atoms in total. The number of halogens is 4. The molecule has 0 saturated carbocycles. The van der Waals surface area contributed by atoms with E-state index in [1.165, 1.54) is 12.1 Å². The molecule has 1 aromatic heterocycles. The minimum Gasteiger partial charge on any atom is -0.370 e. The minimum atomic E-state index is -4.77. The van der Waals surface area contributed by atoms with Gasteiger partial charge in [0, 0.05) is 31.9 Å². The first-order valence-electron chi connectivity index (χ1n) is 12.9. The number of morpholine rings is 1. The number of rotatable bonds is 11. The van der Waals surface area contributed by atoms with E-state index in [4.69, 9.17) is 16.3 Å². The van der Waals surface area contributed by atoms with Crippen LogP contribution in [0.15, 0.2) is 30.3 Å². The molecule has 0 bridgehead atoms. The molecule has 220 valence electrons. The van der Waals surface area contributed by atoms with Crippen LogP contribution in [0.2, 0.25) is 4.34 Å². The second-order valence-electron chi connectivity index (χ2n) is 10.4. The molecule has 1 aromatic carbocycles. The molecule has 3 rings (SSSR count). The Morgan fingerprint density at radius 1 is 1.12 bits per heavy atom. The van der Waals surface area contributed by atoms with Gasteiger partial charge in [0.05, 0.1) is 27.1 Å². The number of benzene rings is 1. The predicted octanol–water partition coefficient (Wildman–Crippen LogP) is 5.13. The van der Waals surface area contributed by atoms with Crippen molar-refractivity contribution in [2.75, 3.05) is 49.6 Å². The summed E-state index contributed by atoms with van der Waals surface area (Å²) in [6.45, 7) is 8.79. The molecule has 2 N–H and O–H groups in total. The van der Waals surface area contributed by atoms with Crippen molar-refractivity contribution >= 4 is 52.0 Å². The number of anilines is 2. The number of ether oxygens (including phenoxy) is 1. The van der Waals surface area contributed by atoms with Gasteiger partial charge in [0.1, 0.15) is 12.6 Å².